The number of ether oxygens (including phenoxy) is 2. The number of nitrogens with one attached hydrogen (secondary N) is 1. The molecule has 0 aliphatic heterocycles. The summed E-state index contributed by atoms with van der Waals surface area (Å²) in [5.74, 6) is -0.558. The summed E-state index contributed by atoms with van der Waals surface area (Å²) in [7, 11) is 0. The zero-order valence-corrected chi connectivity index (χ0v) is 11.2. The van der Waals surface area contributed by atoms with Crippen LogP contribution in [-0.4, -0.2) is 38.9 Å². The van der Waals surface area contributed by atoms with Crippen molar-refractivity contribution in [3.05, 3.63) is 35.6 Å². The van der Waals surface area contributed by atoms with Gasteiger partial charge in [-0.05, 0) is 37.6 Å². The Labute approximate surface area is 112 Å². The van der Waals surface area contributed by atoms with Gasteiger partial charge in [0.2, 0.25) is 0 Å². The van der Waals surface area contributed by atoms with Crippen LogP contribution in [0.3, 0.4) is 0 Å². The molecule has 0 unspecified atom stereocenters. The molecule has 0 aliphatic rings. The molecule has 5 heteroatoms. The summed E-state index contributed by atoms with van der Waals surface area (Å²) >= 11 is 0. The first-order chi connectivity index (χ1) is 9.22. The van der Waals surface area contributed by atoms with Crippen molar-refractivity contribution in [3.63, 3.8) is 0 Å². The molecule has 106 valence electrons. The van der Waals surface area contributed by atoms with Crippen LogP contribution in [-0.2, 0) is 20.7 Å². The lowest BCUT2D eigenvalue weighted by atomic mass is 10.1. The zero-order chi connectivity index (χ0) is 13.9. The normalized spacial score (nSPS) is 10.4. The molecular weight excluding hydrogens is 249 g/mol. The van der Waals surface area contributed by atoms with Gasteiger partial charge in [0.15, 0.2) is 0 Å². The summed E-state index contributed by atoms with van der Waals surface area (Å²) in [4.78, 5) is 10.9. The molecule has 0 amide bonds. The van der Waals surface area contributed by atoms with E-state index in [4.69, 9.17) is 9.47 Å². The van der Waals surface area contributed by atoms with E-state index >= 15 is 0 Å². The van der Waals surface area contributed by atoms with Gasteiger partial charge in [0, 0.05) is 6.54 Å². The first-order valence-electron chi connectivity index (χ1n) is 6.41. The van der Waals surface area contributed by atoms with Crippen LogP contribution >= 0.6 is 0 Å². The Kier molecular flexibility index (Phi) is 7.77. The third-order valence-electron chi connectivity index (χ3n) is 2.45. The van der Waals surface area contributed by atoms with Gasteiger partial charge in [-0.3, -0.25) is 0 Å². The van der Waals surface area contributed by atoms with Crippen LogP contribution in [0.4, 0.5) is 4.39 Å². The molecule has 1 N–H and O–H groups in total. The van der Waals surface area contributed by atoms with Gasteiger partial charge in [-0.25, -0.2) is 9.18 Å². The minimum atomic E-state index is -0.339. The third kappa shape index (κ3) is 7.54. The molecule has 0 aromatic heterocycles. The van der Waals surface area contributed by atoms with E-state index < -0.39 is 0 Å². The van der Waals surface area contributed by atoms with Gasteiger partial charge in [0.25, 0.3) is 0 Å². The van der Waals surface area contributed by atoms with E-state index in [0.717, 1.165) is 18.5 Å². The van der Waals surface area contributed by atoms with Gasteiger partial charge >= 0.3 is 5.97 Å². The predicted molar refractivity (Wildman–Crippen MR) is 70.4 cm³/mol. The SMILES string of the molecule is CCOC(=O)COCCNCCc1ccc(F)cc1. The quantitative estimate of drug-likeness (QED) is 0.545. The molecule has 4 nitrogen and oxygen atoms in total. The Morgan fingerprint density at radius 3 is 2.68 bits per heavy atom. The Morgan fingerprint density at radius 1 is 1.26 bits per heavy atom. The fourth-order valence-corrected chi connectivity index (χ4v) is 1.51. The maximum Gasteiger partial charge on any atom is 0.332 e. The molecular formula is C14H20FNO3. The second-order valence-corrected chi connectivity index (χ2v) is 3.98. The van der Waals surface area contributed by atoms with Crippen LogP contribution in [0, 0.1) is 5.82 Å². The number of halogens is 1. The van der Waals surface area contributed by atoms with E-state index in [1.54, 1.807) is 19.1 Å². The molecule has 19 heavy (non-hydrogen) atoms. The summed E-state index contributed by atoms with van der Waals surface area (Å²) in [5, 5.41) is 3.18. The van der Waals surface area contributed by atoms with Crippen LogP contribution < -0.4 is 5.32 Å². The summed E-state index contributed by atoms with van der Waals surface area (Å²) in [6.45, 7) is 4.04. The molecule has 1 aromatic carbocycles. The molecule has 1 rings (SSSR count). The number of esters is 1. The minimum Gasteiger partial charge on any atom is -0.464 e. The van der Waals surface area contributed by atoms with Crippen molar-refractivity contribution >= 4 is 5.97 Å². The highest BCUT2D eigenvalue weighted by molar-refractivity contribution is 5.70. The first-order valence-corrected chi connectivity index (χ1v) is 6.41. The lowest BCUT2D eigenvalue weighted by molar-refractivity contribution is -0.148. The van der Waals surface area contributed by atoms with Crippen LogP contribution in [0.2, 0.25) is 0 Å². The van der Waals surface area contributed by atoms with Gasteiger partial charge in [0.1, 0.15) is 12.4 Å². The standard InChI is InChI=1S/C14H20FNO3/c1-2-19-14(17)11-18-10-9-16-8-7-12-3-5-13(15)6-4-12/h3-6,16H,2,7-11H2,1H3. The summed E-state index contributed by atoms with van der Waals surface area (Å²) < 4.78 is 22.5. The molecule has 0 bridgehead atoms. The van der Waals surface area contributed by atoms with Gasteiger partial charge < -0.3 is 14.8 Å². The Balaban J connectivity index is 1.96. The lowest BCUT2D eigenvalue weighted by Gasteiger charge is -2.06. The van der Waals surface area contributed by atoms with Crippen LogP contribution in [0.15, 0.2) is 24.3 Å². The highest BCUT2D eigenvalue weighted by Crippen LogP contribution is 2.02. The number of rotatable bonds is 9. The summed E-state index contributed by atoms with van der Waals surface area (Å²) in [5.41, 5.74) is 1.08. The Hall–Kier alpha value is -1.46. The number of hydrogen-bond donors (Lipinski definition) is 1. The van der Waals surface area contributed by atoms with Crippen molar-refractivity contribution in [1.82, 2.24) is 5.32 Å². The topological polar surface area (TPSA) is 47.6 Å². The number of benzene rings is 1. The minimum absolute atomic E-state index is 0.00647. The van der Waals surface area contributed by atoms with E-state index in [2.05, 4.69) is 5.32 Å². The maximum absolute atomic E-state index is 12.7. The van der Waals surface area contributed by atoms with Crippen molar-refractivity contribution < 1.29 is 18.7 Å². The molecule has 0 atom stereocenters. The van der Waals surface area contributed by atoms with Gasteiger partial charge in [-0.15, -0.1) is 0 Å². The summed E-state index contributed by atoms with van der Waals surface area (Å²) in [6, 6.07) is 6.46. The van der Waals surface area contributed by atoms with E-state index in [0.29, 0.717) is 19.8 Å². The van der Waals surface area contributed by atoms with Crippen molar-refractivity contribution in [3.8, 4) is 0 Å². The fraction of sp³-hybridized carbons (Fsp3) is 0.500. The highest BCUT2D eigenvalue weighted by atomic mass is 19.1. The molecule has 0 aliphatic carbocycles. The largest absolute Gasteiger partial charge is 0.464 e. The van der Waals surface area contributed by atoms with E-state index in [9.17, 15) is 9.18 Å². The smallest absolute Gasteiger partial charge is 0.332 e. The maximum atomic E-state index is 12.7. The number of carbonyl (C=O) groups excluding carboxylic acids is 1. The monoisotopic (exact) mass is 269 g/mol. The van der Waals surface area contributed by atoms with Crippen LogP contribution in [0.25, 0.3) is 0 Å². The third-order valence-corrected chi connectivity index (χ3v) is 2.45. The average Bonchev–Trinajstić information content (AvgIpc) is 2.40. The molecule has 0 saturated carbocycles. The van der Waals surface area contributed by atoms with Gasteiger partial charge in [-0.2, -0.15) is 0 Å². The number of hydrogen-bond acceptors (Lipinski definition) is 4. The van der Waals surface area contributed by atoms with Crippen molar-refractivity contribution in [2.45, 2.75) is 13.3 Å². The Morgan fingerprint density at radius 2 is 2.00 bits per heavy atom. The predicted octanol–water partition coefficient (Wildman–Crippen LogP) is 1.54. The molecule has 1 aromatic rings. The highest BCUT2D eigenvalue weighted by Gasteiger charge is 2.00. The van der Waals surface area contributed by atoms with Crippen LogP contribution in [0.5, 0.6) is 0 Å². The zero-order valence-electron chi connectivity index (χ0n) is 11.2. The molecule has 0 saturated heterocycles. The fourth-order valence-electron chi connectivity index (χ4n) is 1.51. The number of carbonyl (C=O) groups is 1. The molecule has 0 spiro atoms. The van der Waals surface area contributed by atoms with Crippen molar-refractivity contribution in [2.24, 2.45) is 0 Å². The van der Waals surface area contributed by atoms with Crippen molar-refractivity contribution in [2.75, 3.05) is 32.9 Å². The summed E-state index contributed by atoms with van der Waals surface area (Å²) in [6.07, 6.45) is 0.832. The van der Waals surface area contributed by atoms with Crippen molar-refractivity contribution in [1.29, 1.82) is 0 Å². The molecule has 0 fully saturated rings. The van der Waals surface area contributed by atoms with E-state index in [1.807, 2.05) is 0 Å². The second-order valence-electron chi connectivity index (χ2n) is 3.98. The van der Waals surface area contributed by atoms with E-state index in [1.165, 1.54) is 12.1 Å². The first kappa shape index (κ1) is 15.6. The van der Waals surface area contributed by atoms with Gasteiger partial charge in [0.05, 0.1) is 13.2 Å². The average molecular weight is 269 g/mol. The lowest BCUT2D eigenvalue weighted by Crippen LogP contribution is -2.24. The molecule has 0 radical (unpaired) electrons. The second kappa shape index (κ2) is 9.47. The molecule has 0 heterocycles. The van der Waals surface area contributed by atoms with Crippen LogP contribution in [0.1, 0.15) is 12.5 Å². The van der Waals surface area contributed by atoms with Gasteiger partial charge in [-0.1, -0.05) is 12.1 Å². The Bertz CT molecular complexity index is 367. The van der Waals surface area contributed by atoms with E-state index in [-0.39, 0.29) is 18.4 Å².